The summed E-state index contributed by atoms with van der Waals surface area (Å²) in [6.07, 6.45) is -2.64. The first-order chi connectivity index (χ1) is 9.87. The highest BCUT2D eigenvalue weighted by Crippen LogP contribution is 2.35. The molecular formula is C12H14N2O7. The third-order valence-electron chi connectivity index (χ3n) is 3.41. The van der Waals surface area contributed by atoms with Gasteiger partial charge in [0.2, 0.25) is 5.72 Å². The molecule has 114 valence electrons. The van der Waals surface area contributed by atoms with E-state index in [0.29, 0.717) is 0 Å². The Morgan fingerprint density at radius 2 is 2.19 bits per heavy atom. The van der Waals surface area contributed by atoms with Gasteiger partial charge in [0, 0.05) is 11.8 Å². The Kier molecular flexibility index (Phi) is 3.95. The van der Waals surface area contributed by atoms with E-state index in [0.717, 1.165) is 16.8 Å². The van der Waals surface area contributed by atoms with Gasteiger partial charge in [-0.15, -0.1) is 0 Å². The van der Waals surface area contributed by atoms with Crippen LogP contribution in [0.1, 0.15) is 5.56 Å². The summed E-state index contributed by atoms with van der Waals surface area (Å²) in [5, 5.41) is 29.1. The fraction of sp³-hybridized carbons (Fsp3) is 0.500. The molecule has 1 saturated heterocycles. The van der Waals surface area contributed by atoms with Crippen molar-refractivity contribution in [2.24, 2.45) is 0 Å². The molecule has 0 saturated carbocycles. The summed E-state index contributed by atoms with van der Waals surface area (Å²) in [6.45, 7) is 0.776. The van der Waals surface area contributed by atoms with E-state index in [2.05, 4.69) is 0 Å². The molecule has 2 rings (SSSR count). The lowest BCUT2D eigenvalue weighted by atomic mass is 10.0. The van der Waals surface area contributed by atoms with Crippen LogP contribution in [0, 0.1) is 6.92 Å². The third-order valence-corrected chi connectivity index (χ3v) is 3.41. The summed E-state index contributed by atoms with van der Waals surface area (Å²) >= 11 is 0. The molecule has 1 aromatic rings. The molecule has 1 fully saturated rings. The number of aromatic amines is 1. The van der Waals surface area contributed by atoms with Crippen molar-refractivity contribution in [1.82, 2.24) is 9.55 Å². The summed E-state index contributed by atoms with van der Waals surface area (Å²) in [6, 6.07) is 0. The molecule has 1 aliphatic heterocycles. The standard InChI is InChI=1S/C12H14N2O7/c1-6-4-14(11(20)13-10(6)19)12(2-3-15)9(18)8(17)7(5-16)21-12/h2,4,7-9,16-18H,5H2,1H3,(H,13,19,20)/t7-,8-,9-,12-/m1/s1. The van der Waals surface area contributed by atoms with Crippen LogP contribution in [0.25, 0.3) is 0 Å². The topological polar surface area (TPSA) is 142 Å². The number of hydrogen-bond donors (Lipinski definition) is 4. The number of nitrogens with zero attached hydrogens (tertiary/aromatic N) is 1. The molecule has 1 aliphatic rings. The Bertz CT molecular complexity index is 702. The minimum Gasteiger partial charge on any atom is -0.394 e. The largest absolute Gasteiger partial charge is 0.394 e. The van der Waals surface area contributed by atoms with Crippen molar-refractivity contribution < 1.29 is 24.9 Å². The molecule has 2 heterocycles. The molecular weight excluding hydrogens is 284 g/mol. The fourth-order valence-corrected chi connectivity index (χ4v) is 2.27. The minimum atomic E-state index is -2.05. The molecule has 4 atom stereocenters. The van der Waals surface area contributed by atoms with E-state index >= 15 is 0 Å². The van der Waals surface area contributed by atoms with Crippen LogP contribution in [0.5, 0.6) is 0 Å². The smallest absolute Gasteiger partial charge is 0.331 e. The van der Waals surface area contributed by atoms with Crippen molar-refractivity contribution in [2.45, 2.75) is 31.0 Å². The zero-order valence-corrected chi connectivity index (χ0v) is 11.0. The summed E-state index contributed by atoms with van der Waals surface area (Å²) in [4.78, 5) is 36.1. The first-order valence-electron chi connectivity index (χ1n) is 6.07. The first-order valence-corrected chi connectivity index (χ1v) is 6.07. The van der Waals surface area contributed by atoms with E-state index in [1.54, 1.807) is 0 Å². The average molecular weight is 298 g/mol. The second kappa shape index (κ2) is 5.40. The van der Waals surface area contributed by atoms with Crippen LogP contribution in [0.4, 0.5) is 0 Å². The van der Waals surface area contributed by atoms with Crippen molar-refractivity contribution in [1.29, 1.82) is 0 Å². The summed E-state index contributed by atoms with van der Waals surface area (Å²) in [5.41, 5.74) is -3.50. The highest BCUT2D eigenvalue weighted by atomic mass is 16.6. The first kappa shape index (κ1) is 15.4. The SMILES string of the molecule is Cc1cn([C@]2(C=C=O)O[C@H](CO)[C@@H](O)[C@H]2O)c(=O)[nH]c1=O. The molecule has 4 N–H and O–H groups in total. The van der Waals surface area contributed by atoms with E-state index in [9.17, 15) is 24.6 Å². The fourth-order valence-electron chi connectivity index (χ4n) is 2.27. The maximum Gasteiger partial charge on any atom is 0.331 e. The van der Waals surface area contributed by atoms with Gasteiger partial charge in [-0.25, -0.2) is 9.59 Å². The zero-order valence-electron chi connectivity index (χ0n) is 11.0. The number of aliphatic hydroxyl groups excluding tert-OH is 3. The molecule has 9 nitrogen and oxygen atoms in total. The number of hydrogen-bond acceptors (Lipinski definition) is 7. The molecule has 0 aliphatic carbocycles. The predicted molar refractivity (Wildman–Crippen MR) is 68.3 cm³/mol. The molecule has 0 bridgehead atoms. The summed E-state index contributed by atoms with van der Waals surface area (Å²) in [7, 11) is 0. The van der Waals surface area contributed by atoms with Crippen molar-refractivity contribution in [2.75, 3.05) is 6.61 Å². The van der Waals surface area contributed by atoms with Gasteiger partial charge in [-0.05, 0) is 6.92 Å². The third kappa shape index (κ3) is 2.27. The lowest BCUT2D eigenvalue weighted by molar-refractivity contribution is -0.114. The molecule has 9 heteroatoms. The van der Waals surface area contributed by atoms with Gasteiger partial charge in [0.25, 0.3) is 5.56 Å². The van der Waals surface area contributed by atoms with Gasteiger partial charge in [0.15, 0.2) is 0 Å². The van der Waals surface area contributed by atoms with E-state index in [4.69, 9.17) is 9.84 Å². The van der Waals surface area contributed by atoms with Crippen LogP contribution in [-0.4, -0.2) is 55.7 Å². The lowest BCUT2D eigenvalue weighted by Gasteiger charge is -2.29. The predicted octanol–water partition coefficient (Wildman–Crippen LogP) is -3.00. The number of carbonyl (C=O) groups excluding carboxylic acids is 1. The number of aromatic nitrogens is 2. The van der Waals surface area contributed by atoms with Gasteiger partial charge in [-0.1, -0.05) is 0 Å². The van der Waals surface area contributed by atoms with Crippen LogP contribution in [0.15, 0.2) is 21.9 Å². The maximum absolute atomic E-state index is 11.9. The Labute approximate surface area is 117 Å². The highest BCUT2D eigenvalue weighted by Gasteiger charge is 2.55. The van der Waals surface area contributed by atoms with Crippen LogP contribution in [0.3, 0.4) is 0 Å². The van der Waals surface area contributed by atoms with E-state index in [1.165, 1.54) is 12.9 Å². The van der Waals surface area contributed by atoms with Crippen LogP contribution >= 0.6 is 0 Å². The van der Waals surface area contributed by atoms with Crippen molar-refractivity contribution in [3.8, 4) is 0 Å². The maximum atomic E-state index is 11.9. The van der Waals surface area contributed by atoms with E-state index in [1.807, 2.05) is 4.98 Å². The molecule has 1 aromatic heterocycles. The molecule has 0 unspecified atom stereocenters. The molecule has 0 amide bonds. The Morgan fingerprint density at radius 3 is 2.71 bits per heavy atom. The Morgan fingerprint density at radius 1 is 1.52 bits per heavy atom. The van der Waals surface area contributed by atoms with Crippen LogP contribution in [-0.2, 0) is 15.3 Å². The lowest BCUT2D eigenvalue weighted by Crippen LogP contribution is -2.50. The summed E-state index contributed by atoms with van der Waals surface area (Å²) < 4.78 is 6.07. The normalized spacial score (nSPS) is 31.9. The van der Waals surface area contributed by atoms with Gasteiger partial charge in [0.1, 0.15) is 24.3 Å². The Balaban J connectivity index is 2.71. The quantitative estimate of drug-likeness (QED) is 0.436. The number of H-pyrrole nitrogens is 1. The number of aryl methyl sites for hydroxylation is 1. The number of nitrogens with one attached hydrogen (secondary N) is 1. The zero-order chi connectivity index (χ0) is 15.8. The van der Waals surface area contributed by atoms with Gasteiger partial charge in [0.05, 0.1) is 12.7 Å². The molecule has 0 spiro atoms. The number of ether oxygens (including phenoxy) is 1. The van der Waals surface area contributed by atoms with Gasteiger partial charge < -0.3 is 20.1 Å². The average Bonchev–Trinajstić information content (AvgIpc) is 2.69. The molecule has 0 aromatic carbocycles. The summed E-state index contributed by atoms with van der Waals surface area (Å²) in [5.74, 6) is 1.40. The van der Waals surface area contributed by atoms with Crippen molar-refractivity contribution in [3.63, 3.8) is 0 Å². The molecule has 0 radical (unpaired) electrons. The van der Waals surface area contributed by atoms with Crippen molar-refractivity contribution in [3.05, 3.63) is 38.7 Å². The number of aliphatic hydroxyl groups is 3. The van der Waals surface area contributed by atoms with Crippen LogP contribution < -0.4 is 11.2 Å². The second-order valence-electron chi connectivity index (χ2n) is 4.73. The highest BCUT2D eigenvalue weighted by molar-refractivity contribution is 5.48. The van der Waals surface area contributed by atoms with Crippen molar-refractivity contribution >= 4 is 5.94 Å². The monoisotopic (exact) mass is 298 g/mol. The van der Waals surface area contributed by atoms with Gasteiger partial charge >= 0.3 is 5.69 Å². The van der Waals surface area contributed by atoms with E-state index < -0.39 is 41.9 Å². The van der Waals surface area contributed by atoms with Crippen LogP contribution in [0.2, 0.25) is 0 Å². The van der Waals surface area contributed by atoms with Gasteiger partial charge in [-0.2, -0.15) is 0 Å². The minimum absolute atomic E-state index is 0.131. The van der Waals surface area contributed by atoms with Gasteiger partial charge in [-0.3, -0.25) is 14.3 Å². The second-order valence-corrected chi connectivity index (χ2v) is 4.73. The Hall–Kier alpha value is -2.03. The molecule has 21 heavy (non-hydrogen) atoms. The van der Waals surface area contributed by atoms with E-state index in [-0.39, 0.29) is 5.56 Å². The number of rotatable bonds is 3.